The van der Waals surface area contributed by atoms with E-state index in [4.69, 9.17) is 9.47 Å². The van der Waals surface area contributed by atoms with Gasteiger partial charge in [-0.2, -0.15) is 0 Å². The highest BCUT2D eigenvalue weighted by atomic mass is 32.1. The summed E-state index contributed by atoms with van der Waals surface area (Å²) >= 11 is 1.73. The number of amides is 1. The average molecular weight is 384 g/mol. The highest BCUT2D eigenvalue weighted by Crippen LogP contribution is 2.39. The maximum absolute atomic E-state index is 13.3. The van der Waals surface area contributed by atoms with Gasteiger partial charge in [-0.25, -0.2) is 0 Å². The van der Waals surface area contributed by atoms with Gasteiger partial charge < -0.3 is 14.4 Å². The summed E-state index contributed by atoms with van der Waals surface area (Å²) in [6, 6.07) is 8.45. The molecular weight excluding hydrogens is 358 g/mol. The van der Waals surface area contributed by atoms with Gasteiger partial charge in [0.15, 0.2) is 11.5 Å². The van der Waals surface area contributed by atoms with E-state index in [2.05, 4.69) is 23.1 Å². The molecule has 0 bridgehead atoms. The van der Waals surface area contributed by atoms with Crippen LogP contribution in [0.5, 0.6) is 11.5 Å². The summed E-state index contributed by atoms with van der Waals surface area (Å²) in [4.78, 5) is 17.7. The van der Waals surface area contributed by atoms with Crippen LogP contribution in [0.3, 0.4) is 0 Å². The second-order valence-electron chi connectivity index (χ2n) is 7.68. The number of rotatable bonds is 2. The first-order valence-electron chi connectivity index (χ1n) is 10.1. The Bertz CT molecular complexity index is 836. The van der Waals surface area contributed by atoms with Gasteiger partial charge in [-0.3, -0.25) is 4.79 Å². The van der Waals surface area contributed by atoms with Crippen molar-refractivity contribution in [1.82, 2.24) is 4.90 Å². The number of carbonyl (C=O) groups is 1. The molecule has 27 heavy (non-hydrogen) atoms. The summed E-state index contributed by atoms with van der Waals surface area (Å²) < 4.78 is 11.4. The number of hydrogen-bond acceptors (Lipinski definition) is 4. The lowest BCUT2D eigenvalue weighted by Gasteiger charge is -2.26. The van der Waals surface area contributed by atoms with E-state index in [0.29, 0.717) is 13.2 Å². The van der Waals surface area contributed by atoms with E-state index in [1.807, 2.05) is 6.07 Å². The number of hydrogen-bond donors (Lipinski definition) is 0. The van der Waals surface area contributed by atoms with Gasteiger partial charge in [-0.15, -0.1) is 11.3 Å². The molecular formula is C22H25NO3S. The Morgan fingerprint density at radius 1 is 1.00 bits per heavy atom. The first kappa shape index (κ1) is 17.1. The molecule has 1 fully saturated rings. The molecule has 0 radical (unpaired) electrons. The van der Waals surface area contributed by atoms with Gasteiger partial charge in [-0.05, 0) is 67.9 Å². The van der Waals surface area contributed by atoms with Crippen LogP contribution in [0.4, 0.5) is 0 Å². The Morgan fingerprint density at radius 3 is 2.78 bits per heavy atom. The summed E-state index contributed by atoms with van der Waals surface area (Å²) in [6.45, 7) is 2.02. The topological polar surface area (TPSA) is 38.8 Å². The SMILES string of the molecule is O=C(c1cc2c(s1)CCCCC2)N1CCCC1c1ccc2c(c1)OCCO2. The van der Waals surface area contributed by atoms with E-state index < -0.39 is 0 Å². The highest BCUT2D eigenvalue weighted by Gasteiger charge is 2.32. The third-order valence-corrected chi connectivity index (χ3v) is 7.15. The molecule has 5 heteroatoms. The Hall–Kier alpha value is -2.01. The lowest BCUT2D eigenvalue weighted by Crippen LogP contribution is -2.30. The Kier molecular flexibility index (Phi) is 4.56. The molecule has 1 aromatic carbocycles. The number of likely N-dealkylation sites (tertiary alicyclic amines) is 1. The van der Waals surface area contributed by atoms with Crippen LogP contribution in [-0.2, 0) is 12.8 Å². The van der Waals surface area contributed by atoms with E-state index in [9.17, 15) is 4.79 Å². The van der Waals surface area contributed by atoms with Crippen molar-refractivity contribution in [1.29, 1.82) is 0 Å². The van der Waals surface area contributed by atoms with Crippen LogP contribution in [0.1, 0.15) is 63.8 Å². The lowest BCUT2D eigenvalue weighted by atomic mass is 10.0. The van der Waals surface area contributed by atoms with Crippen molar-refractivity contribution in [2.75, 3.05) is 19.8 Å². The maximum Gasteiger partial charge on any atom is 0.264 e. The molecule has 2 aliphatic heterocycles. The highest BCUT2D eigenvalue weighted by molar-refractivity contribution is 7.14. The van der Waals surface area contributed by atoms with Gasteiger partial charge in [0, 0.05) is 11.4 Å². The standard InChI is InChI=1S/C22H25NO3S/c24-22(21-14-16-5-2-1-3-7-20(16)27-21)23-10-4-6-17(23)15-8-9-18-19(13-15)26-12-11-25-18/h8-9,13-14,17H,1-7,10-12H2. The molecule has 1 saturated heterocycles. The first-order valence-corrected chi connectivity index (χ1v) is 10.9. The van der Waals surface area contributed by atoms with Crippen LogP contribution in [-0.4, -0.2) is 30.6 Å². The number of aryl methyl sites for hydroxylation is 2. The minimum absolute atomic E-state index is 0.134. The smallest absolute Gasteiger partial charge is 0.264 e. The predicted octanol–water partition coefficient (Wildman–Crippen LogP) is 4.77. The van der Waals surface area contributed by atoms with Crippen LogP contribution in [0.15, 0.2) is 24.3 Å². The monoisotopic (exact) mass is 383 g/mol. The molecule has 1 aromatic heterocycles. The molecule has 0 N–H and O–H groups in total. The second-order valence-corrected chi connectivity index (χ2v) is 8.82. The summed E-state index contributed by atoms with van der Waals surface area (Å²) in [5.74, 6) is 1.81. The Morgan fingerprint density at radius 2 is 1.85 bits per heavy atom. The number of nitrogens with zero attached hydrogens (tertiary/aromatic N) is 1. The Labute approximate surface area is 164 Å². The zero-order valence-electron chi connectivity index (χ0n) is 15.5. The van der Waals surface area contributed by atoms with Crippen molar-refractivity contribution in [3.05, 3.63) is 45.1 Å². The molecule has 3 heterocycles. The van der Waals surface area contributed by atoms with Gasteiger partial charge >= 0.3 is 0 Å². The lowest BCUT2D eigenvalue weighted by molar-refractivity contribution is 0.0740. The van der Waals surface area contributed by atoms with E-state index >= 15 is 0 Å². The molecule has 5 rings (SSSR count). The number of ether oxygens (including phenoxy) is 2. The van der Waals surface area contributed by atoms with Gasteiger partial charge in [-0.1, -0.05) is 12.5 Å². The molecule has 0 spiro atoms. The molecule has 1 unspecified atom stereocenters. The van der Waals surface area contributed by atoms with Crippen LogP contribution in [0.25, 0.3) is 0 Å². The number of thiophene rings is 1. The number of fused-ring (bicyclic) bond motifs is 2. The number of carbonyl (C=O) groups excluding carboxylic acids is 1. The van der Waals surface area contributed by atoms with Crippen LogP contribution in [0.2, 0.25) is 0 Å². The van der Waals surface area contributed by atoms with Crippen LogP contribution in [0, 0.1) is 0 Å². The fourth-order valence-corrected chi connectivity index (χ4v) is 5.75. The molecule has 4 nitrogen and oxygen atoms in total. The summed E-state index contributed by atoms with van der Waals surface area (Å²) in [7, 11) is 0. The minimum atomic E-state index is 0.134. The molecule has 0 saturated carbocycles. The van der Waals surface area contributed by atoms with Crippen LogP contribution >= 0.6 is 11.3 Å². The first-order chi connectivity index (χ1) is 13.3. The van der Waals surface area contributed by atoms with Crippen molar-refractivity contribution < 1.29 is 14.3 Å². The third-order valence-electron chi connectivity index (χ3n) is 5.92. The molecule has 142 valence electrons. The fraction of sp³-hybridized carbons (Fsp3) is 0.500. The van der Waals surface area contributed by atoms with Gasteiger partial charge in [0.2, 0.25) is 0 Å². The predicted molar refractivity (Wildman–Crippen MR) is 106 cm³/mol. The van der Waals surface area contributed by atoms with Crippen molar-refractivity contribution >= 4 is 17.2 Å². The van der Waals surface area contributed by atoms with E-state index in [-0.39, 0.29) is 11.9 Å². The van der Waals surface area contributed by atoms with Crippen molar-refractivity contribution in [2.24, 2.45) is 0 Å². The van der Waals surface area contributed by atoms with E-state index in [1.54, 1.807) is 11.3 Å². The van der Waals surface area contributed by atoms with E-state index in [0.717, 1.165) is 54.2 Å². The molecule has 3 aliphatic rings. The third kappa shape index (κ3) is 3.22. The van der Waals surface area contributed by atoms with Crippen molar-refractivity contribution in [3.63, 3.8) is 0 Å². The molecule has 1 atom stereocenters. The van der Waals surface area contributed by atoms with Gasteiger partial charge in [0.05, 0.1) is 10.9 Å². The van der Waals surface area contributed by atoms with Crippen molar-refractivity contribution in [2.45, 2.75) is 51.0 Å². The normalized spacial score (nSPS) is 21.6. The van der Waals surface area contributed by atoms with Gasteiger partial charge in [0.1, 0.15) is 13.2 Å². The fourth-order valence-electron chi connectivity index (χ4n) is 4.54. The summed E-state index contributed by atoms with van der Waals surface area (Å²) in [5.41, 5.74) is 2.57. The molecule has 1 aliphatic carbocycles. The molecule has 2 aromatic rings. The van der Waals surface area contributed by atoms with Crippen LogP contribution < -0.4 is 9.47 Å². The van der Waals surface area contributed by atoms with E-state index in [1.165, 1.54) is 29.7 Å². The zero-order chi connectivity index (χ0) is 18.2. The summed E-state index contributed by atoms with van der Waals surface area (Å²) in [5, 5.41) is 0. The number of benzene rings is 1. The van der Waals surface area contributed by atoms with Crippen molar-refractivity contribution in [3.8, 4) is 11.5 Å². The largest absolute Gasteiger partial charge is 0.486 e. The second kappa shape index (κ2) is 7.19. The minimum Gasteiger partial charge on any atom is -0.486 e. The van der Waals surface area contributed by atoms with Gasteiger partial charge in [0.25, 0.3) is 5.91 Å². The summed E-state index contributed by atoms with van der Waals surface area (Å²) in [6.07, 6.45) is 8.14. The zero-order valence-corrected chi connectivity index (χ0v) is 16.4. The average Bonchev–Trinajstić information content (AvgIpc) is 3.29. The quantitative estimate of drug-likeness (QED) is 0.702. The molecule has 1 amide bonds. The Balaban J connectivity index is 1.40. The maximum atomic E-state index is 13.3.